The summed E-state index contributed by atoms with van der Waals surface area (Å²) in [6.45, 7) is 0. The maximum Gasteiger partial charge on any atom is 0.265 e. The quantitative estimate of drug-likeness (QED) is 0.103. The van der Waals surface area contributed by atoms with E-state index in [1.165, 1.54) is 34.1 Å². The Hall–Kier alpha value is -7.58. The molecule has 11 rings (SSSR count). The van der Waals surface area contributed by atoms with E-state index in [0.29, 0.717) is 44.4 Å². The highest BCUT2D eigenvalue weighted by atomic mass is 19.1. The van der Waals surface area contributed by atoms with Crippen molar-refractivity contribution in [1.82, 2.24) is 0 Å². The number of benzene rings is 9. The average molecular weight is 731 g/mol. The third-order valence-corrected chi connectivity index (χ3v) is 11.2. The van der Waals surface area contributed by atoms with Crippen LogP contribution in [0.3, 0.4) is 0 Å². The lowest BCUT2D eigenvalue weighted by atomic mass is 9.82. The summed E-state index contributed by atoms with van der Waals surface area (Å²) < 4.78 is 27.0. The number of hydrogen-bond acceptors (Lipinski definition) is 4. The van der Waals surface area contributed by atoms with Crippen LogP contribution in [0.5, 0.6) is 0 Å². The molecule has 4 amide bonds. The van der Waals surface area contributed by atoms with Crippen LogP contribution >= 0.6 is 0 Å². The Morgan fingerprint density at radius 3 is 0.804 bits per heavy atom. The molecule has 9 aromatic rings. The van der Waals surface area contributed by atoms with Crippen LogP contribution in [0.15, 0.2) is 146 Å². The van der Waals surface area contributed by atoms with E-state index >= 15 is 0 Å². The molecule has 0 aromatic heterocycles. The number of nitrogens with zero attached hydrogens (tertiary/aromatic N) is 2. The molecule has 2 aliphatic rings. The monoisotopic (exact) mass is 730 g/mol. The summed E-state index contributed by atoms with van der Waals surface area (Å²) in [6.07, 6.45) is 0. The van der Waals surface area contributed by atoms with E-state index in [-0.39, 0.29) is 11.6 Å². The van der Waals surface area contributed by atoms with Gasteiger partial charge in [-0.25, -0.2) is 18.6 Å². The topological polar surface area (TPSA) is 74.8 Å². The van der Waals surface area contributed by atoms with E-state index < -0.39 is 23.6 Å². The molecule has 9 aromatic carbocycles. The van der Waals surface area contributed by atoms with Crippen molar-refractivity contribution in [3.63, 3.8) is 0 Å². The van der Waals surface area contributed by atoms with Crippen molar-refractivity contribution in [3.05, 3.63) is 179 Å². The minimum Gasteiger partial charge on any atom is -0.268 e. The van der Waals surface area contributed by atoms with Crippen LogP contribution in [0, 0.1) is 11.6 Å². The molecule has 2 aliphatic heterocycles. The molecule has 0 aliphatic carbocycles. The molecule has 0 fully saturated rings. The van der Waals surface area contributed by atoms with Crippen LogP contribution in [0.25, 0.3) is 65.3 Å². The minimum absolute atomic E-state index is 0.335. The van der Waals surface area contributed by atoms with Gasteiger partial charge in [-0.05, 0) is 127 Å². The van der Waals surface area contributed by atoms with Gasteiger partial charge in [-0.2, -0.15) is 0 Å². The summed E-state index contributed by atoms with van der Waals surface area (Å²) in [7, 11) is 0. The zero-order valence-corrected chi connectivity index (χ0v) is 29.1. The highest BCUT2D eigenvalue weighted by Crippen LogP contribution is 2.47. The fourth-order valence-electron chi connectivity index (χ4n) is 8.63. The van der Waals surface area contributed by atoms with Gasteiger partial charge in [-0.3, -0.25) is 19.2 Å². The van der Waals surface area contributed by atoms with Gasteiger partial charge >= 0.3 is 0 Å². The van der Waals surface area contributed by atoms with Crippen molar-refractivity contribution in [2.24, 2.45) is 0 Å². The fraction of sp³-hybridized carbons (Fsp3) is 0. The predicted molar refractivity (Wildman–Crippen MR) is 214 cm³/mol. The average Bonchev–Trinajstić information content (AvgIpc) is 3.22. The number of halogens is 2. The maximum atomic E-state index is 14.2. The van der Waals surface area contributed by atoms with Crippen LogP contribution < -0.4 is 9.80 Å². The van der Waals surface area contributed by atoms with Crippen molar-refractivity contribution in [2.45, 2.75) is 0 Å². The number of carbonyl (C=O) groups excluding carboxylic acids is 4. The smallest absolute Gasteiger partial charge is 0.265 e. The summed E-state index contributed by atoms with van der Waals surface area (Å²) in [6, 6.07) is 40.8. The first-order chi connectivity index (χ1) is 27.3. The molecule has 0 radical (unpaired) electrons. The second-order valence-corrected chi connectivity index (χ2v) is 14.1. The number of hydrogen-bond donors (Lipinski definition) is 0. The van der Waals surface area contributed by atoms with Crippen LogP contribution in [0.2, 0.25) is 0 Å². The van der Waals surface area contributed by atoms with Crippen LogP contribution in [0.1, 0.15) is 41.4 Å². The van der Waals surface area contributed by atoms with Crippen molar-refractivity contribution in [3.8, 4) is 22.3 Å². The minimum atomic E-state index is -0.446. The molecular weight excluding hydrogens is 707 g/mol. The van der Waals surface area contributed by atoms with Crippen LogP contribution in [-0.2, 0) is 0 Å². The third-order valence-electron chi connectivity index (χ3n) is 11.2. The molecule has 0 saturated heterocycles. The van der Waals surface area contributed by atoms with Crippen LogP contribution in [-0.4, -0.2) is 23.6 Å². The Morgan fingerprint density at radius 1 is 0.286 bits per heavy atom. The lowest BCUT2D eigenvalue weighted by molar-refractivity contribution is 0.0877. The fourth-order valence-corrected chi connectivity index (χ4v) is 8.63. The molecule has 0 atom stereocenters. The number of carbonyl (C=O) groups is 4. The van der Waals surface area contributed by atoms with E-state index in [2.05, 4.69) is 0 Å². The molecule has 0 bridgehead atoms. The van der Waals surface area contributed by atoms with Gasteiger partial charge in [0, 0.05) is 33.0 Å². The molecule has 0 unspecified atom stereocenters. The summed E-state index contributed by atoms with van der Waals surface area (Å²) in [5, 5.41) is 5.86. The molecule has 56 heavy (non-hydrogen) atoms. The van der Waals surface area contributed by atoms with Crippen molar-refractivity contribution in [2.75, 3.05) is 9.80 Å². The molecule has 0 N–H and O–H groups in total. The molecule has 0 spiro atoms. The van der Waals surface area contributed by atoms with Gasteiger partial charge in [0.05, 0.1) is 11.4 Å². The summed E-state index contributed by atoms with van der Waals surface area (Å²) >= 11 is 0. The Morgan fingerprint density at radius 2 is 0.536 bits per heavy atom. The van der Waals surface area contributed by atoms with Gasteiger partial charge in [0.25, 0.3) is 23.6 Å². The Bertz CT molecular complexity index is 2870. The molecular formula is C48H24F2N2O4. The number of anilines is 2. The number of fused-ring (bicyclic) bond motifs is 2. The molecule has 8 heteroatoms. The zero-order valence-electron chi connectivity index (χ0n) is 29.1. The van der Waals surface area contributed by atoms with E-state index in [9.17, 15) is 28.0 Å². The molecule has 6 nitrogen and oxygen atoms in total. The number of amides is 4. The van der Waals surface area contributed by atoms with Crippen molar-refractivity contribution >= 4 is 78.1 Å². The third kappa shape index (κ3) is 4.35. The second-order valence-electron chi connectivity index (χ2n) is 14.1. The van der Waals surface area contributed by atoms with Gasteiger partial charge < -0.3 is 0 Å². The summed E-state index contributed by atoms with van der Waals surface area (Å²) in [5.41, 5.74) is 5.65. The normalized spacial score (nSPS) is 14.0. The van der Waals surface area contributed by atoms with Gasteiger partial charge in [-0.1, -0.05) is 72.8 Å². The lowest BCUT2D eigenvalue weighted by Crippen LogP contribution is -2.40. The Labute approximate surface area is 316 Å². The number of rotatable bonds is 4. The highest BCUT2D eigenvalue weighted by molar-refractivity contribution is 6.45. The van der Waals surface area contributed by atoms with Gasteiger partial charge in [-0.15, -0.1) is 0 Å². The van der Waals surface area contributed by atoms with Gasteiger partial charge in [0.1, 0.15) is 11.6 Å². The Balaban J connectivity index is 1.01. The van der Waals surface area contributed by atoms with Crippen molar-refractivity contribution < 1.29 is 28.0 Å². The Kier molecular flexibility index (Phi) is 6.53. The summed E-state index contributed by atoms with van der Waals surface area (Å²) in [5.74, 6) is -2.45. The largest absolute Gasteiger partial charge is 0.268 e. The summed E-state index contributed by atoms with van der Waals surface area (Å²) in [4.78, 5) is 59.2. The van der Waals surface area contributed by atoms with Crippen LogP contribution in [0.4, 0.5) is 20.2 Å². The maximum absolute atomic E-state index is 14.2. The SMILES string of the molecule is O=C1c2ccc3c4ccc5c6c(ccc(c7ccc(c2c37)C(=O)N1c1ccc(-c2ccc(F)cc2)cc1)c64)C(=O)N(c1ccc(-c2ccc(F)cc2)cc1)C5=O. The first-order valence-corrected chi connectivity index (χ1v) is 18.0. The highest BCUT2D eigenvalue weighted by Gasteiger charge is 2.38. The first-order valence-electron chi connectivity index (χ1n) is 18.0. The van der Waals surface area contributed by atoms with E-state index in [1.54, 1.807) is 97.1 Å². The first kappa shape index (κ1) is 31.9. The van der Waals surface area contributed by atoms with E-state index in [1.807, 2.05) is 24.3 Å². The zero-order chi connectivity index (χ0) is 38.0. The molecule has 264 valence electrons. The lowest BCUT2D eigenvalue weighted by Gasteiger charge is -2.30. The predicted octanol–water partition coefficient (Wildman–Crippen LogP) is 11.0. The van der Waals surface area contributed by atoms with E-state index in [0.717, 1.165) is 54.6 Å². The molecule has 2 heterocycles. The van der Waals surface area contributed by atoms with E-state index in [4.69, 9.17) is 0 Å². The van der Waals surface area contributed by atoms with Crippen molar-refractivity contribution in [1.29, 1.82) is 0 Å². The number of imide groups is 2. The van der Waals surface area contributed by atoms with Gasteiger partial charge in [0.2, 0.25) is 0 Å². The molecule has 0 saturated carbocycles. The standard InChI is InChI=1S/C48H24F2N2O4/c49-29-9-1-25(2-10-29)27-5-13-31(14-6-27)51-45(53)37-21-17-33-35-19-23-39-44-40(24-20-36(42(35)44)34-18-22-38(46(51)54)43(37)41(33)34)48(56)52(47(39)55)32-15-7-28(8-16-32)26-3-11-30(50)12-4-26/h1-24H. The van der Waals surface area contributed by atoms with Gasteiger partial charge in [0.15, 0.2) is 0 Å². The second kappa shape index (κ2) is 11.5.